The average molecular weight is 297 g/mol. The third kappa shape index (κ3) is 2.49. The van der Waals surface area contributed by atoms with Gasteiger partial charge in [0.15, 0.2) is 0 Å². The molecule has 112 valence electrons. The molecule has 0 fully saturated rings. The molecule has 0 aliphatic carbocycles. The lowest BCUT2D eigenvalue weighted by atomic mass is 10.0. The number of aliphatic hydroxyl groups is 1. The quantitative estimate of drug-likeness (QED) is 0.563. The van der Waals surface area contributed by atoms with Crippen molar-refractivity contribution in [2.45, 2.75) is 0 Å². The average Bonchev–Trinajstić information content (AvgIpc) is 3.00. The number of hydrogen-bond donors (Lipinski definition) is 4. The topological polar surface area (TPSA) is 117 Å². The maximum atomic E-state index is 11.6. The number of aromatic nitrogens is 3. The molecule has 0 saturated heterocycles. The molecule has 0 aromatic carbocycles. The van der Waals surface area contributed by atoms with Crippen molar-refractivity contribution in [3.05, 3.63) is 42.2 Å². The number of primary amides is 1. The fourth-order valence-corrected chi connectivity index (χ4v) is 2.33. The zero-order chi connectivity index (χ0) is 15.5. The summed E-state index contributed by atoms with van der Waals surface area (Å²) in [5.41, 5.74) is 7.71. The number of pyridine rings is 2. The highest BCUT2D eigenvalue weighted by Crippen LogP contribution is 2.30. The van der Waals surface area contributed by atoms with Crippen LogP contribution in [0.5, 0.6) is 0 Å². The van der Waals surface area contributed by atoms with E-state index in [1.54, 1.807) is 30.6 Å². The minimum Gasteiger partial charge on any atom is -0.395 e. The van der Waals surface area contributed by atoms with Crippen LogP contribution in [0.15, 0.2) is 36.7 Å². The van der Waals surface area contributed by atoms with Crippen molar-refractivity contribution in [2.24, 2.45) is 5.73 Å². The molecule has 0 bridgehead atoms. The Morgan fingerprint density at radius 1 is 1.41 bits per heavy atom. The first-order chi connectivity index (χ1) is 10.7. The maximum absolute atomic E-state index is 11.6. The number of carbonyl (C=O) groups excluding carboxylic acids is 1. The number of hydrogen-bond acceptors (Lipinski definition) is 5. The Kier molecular flexibility index (Phi) is 3.71. The van der Waals surface area contributed by atoms with Gasteiger partial charge in [-0.15, -0.1) is 0 Å². The first-order valence-corrected chi connectivity index (χ1v) is 6.78. The van der Waals surface area contributed by atoms with Gasteiger partial charge in [0.25, 0.3) is 5.91 Å². The van der Waals surface area contributed by atoms with Crippen LogP contribution in [-0.2, 0) is 0 Å². The molecule has 0 spiro atoms. The van der Waals surface area contributed by atoms with Crippen LogP contribution in [0.2, 0.25) is 0 Å². The Balaban J connectivity index is 2.21. The minimum atomic E-state index is -0.534. The van der Waals surface area contributed by atoms with Gasteiger partial charge in [0.1, 0.15) is 11.5 Å². The van der Waals surface area contributed by atoms with Crippen LogP contribution in [0, 0.1) is 0 Å². The maximum Gasteiger partial charge on any atom is 0.250 e. The summed E-state index contributed by atoms with van der Waals surface area (Å²) in [4.78, 5) is 23.4. The van der Waals surface area contributed by atoms with Crippen molar-refractivity contribution in [1.29, 1.82) is 0 Å². The van der Waals surface area contributed by atoms with E-state index in [0.29, 0.717) is 29.3 Å². The lowest BCUT2D eigenvalue weighted by Gasteiger charge is -2.10. The van der Waals surface area contributed by atoms with E-state index in [9.17, 15) is 4.79 Å². The molecule has 0 unspecified atom stereocenters. The van der Waals surface area contributed by atoms with E-state index in [1.165, 1.54) is 0 Å². The minimum absolute atomic E-state index is 0.00407. The predicted molar refractivity (Wildman–Crippen MR) is 83.4 cm³/mol. The van der Waals surface area contributed by atoms with E-state index in [4.69, 9.17) is 10.8 Å². The summed E-state index contributed by atoms with van der Waals surface area (Å²) in [5.74, 6) is 0.0496. The van der Waals surface area contributed by atoms with Crippen LogP contribution >= 0.6 is 0 Å². The van der Waals surface area contributed by atoms with Crippen LogP contribution in [0.4, 0.5) is 5.82 Å². The molecule has 0 radical (unpaired) electrons. The molecule has 1 amide bonds. The summed E-state index contributed by atoms with van der Waals surface area (Å²) < 4.78 is 0. The molecule has 3 rings (SSSR count). The summed E-state index contributed by atoms with van der Waals surface area (Å²) in [6.45, 7) is 0.374. The van der Waals surface area contributed by atoms with Crippen molar-refractivity contribution in [3.8, 4) is 11.3 Å². The summed E-state index contributed by atoms with van der Waals surface area (Å²) in [5, 5.41) is 12.8. The van der Waals surface area contributed by atoms with Gasteiger partial charge in [0.05, 0.1) is 17.9 Å². The van der Waals surface area contributed by atoms with Gasteiger partial charge in [0, 0.05) is 29.9 Å². The molecule has 22 heavy (non-hydrogen) atoms. The molecule has 3 aromatic heterocycles. The number of anilines is 1. The van der Waals surface area contributed by atoms with Crippen molar-refractivity contribution in [1.82, 2.24) is 15.0 Å². The Morgan fingerprint density at radius 3 is 3.05 bits per heavy atom. The van der Waals surface area contributed by atoms with Crippen LogP contribution in [-0.4, -0.2) is 39.1 Å². The number of amides is 1. The van der Waals surface area contributed by atoms with Gasteiger partial charge in [-0.1, -0.05) is 0 Å². The SMILES string of the molecule is NC(=O)c1cccnc1-c1cc(NCCO)nc2[nH]ccc12. The number of nitrogens with two attached hydrogens (primary N) is 1. The monoisotopic (exact) mass is 297 g/mol. The smallest absolute Gasteiger partial charge is 0.250 e. The van der Waals surface area contributed by atoms with Gasteiger partial charge in [-0.2, -0.15) is 0 Å². The van der Waals surface area contributed by atoms with Gasteiger partial charge in [-0.05, 0) is 24.3 Å². The summed E-state index contributed by atoms with van der Waals surface area (Å²) in [7, 11) is 0. The highest BCUT2D eigenvalue weighted by atomic mass is 16.3. The normalized spacial score (nSPS) is 10.8. The summed E-state index contributed by atoms with van der Waals surface area (Å²) >= 11 is 0. The van der Waals surface area contributed by atoms with Crippen LogP contribution in [0.1, 0.15) is 10.4 Å². The number of aliphatic hydroxyl groups excluding tert-OH is 1. The molecule has 0 atom stereocenters. The molecule has 7 heteroatoms. The summed E-state index contributed by atoms with van der Waals surface area (Å²) in [6.07, 6.45) is 3.38. The zero-order valence-corrected chi connectivity index (χ0v) is 11.7. The molecular weight excluding hydrogens is 282 g/mol. The Hall–Kier alpha value is -2.93. The van der Waals surface area contributed by atoms with Crippen molar-refractivity contribution in [2.75, 3.05) is 18.5 Å². The fourth-order valence-electron chi connectivity index (χ4n) is 2.33. The molecule has 3 heterocycles. The number of nitrogens with zero attached hydrogens (tertiary/aromatic N) is 2. The van der Waals surface area contributed by atoms with E-state index < -0.39 is 5.91 Å². The first kappa shape index (κ1) is 14.0. The fraction of sp³-hybridized carbons (Fsp3) is 0.133. The number of fused-ring (bicyclic) bond motifs is 1. The number of aromatic amines is 1. The first-order valence-electron chi connectivity index (χ1n) is 6.78. The van der Waals surface area contributed by atoms with E-state index in [0.717, 1.165) is 10.9 Å². The number of carbonyl (C=O) groups is 1. The standard InChI is InChI=1S/C15H15N5O2/c16-14(22)10-2-1-4-18-13(10)11-8-12(17-6-7-21)20-15-9(11)3-5-19-15/h1-5,8,21H,6-7H2,(H2,16,22)(H2,17,19,20). The third-order valence-corrected chi connectivity index (χ3v) is 3.27. The van der Waals surface area contributed by atoms with Crippen molar-refractivity contribution in [3.63, 3.8) is 0 Å². The molecule has 0 saturated carbocycles. The van der Waals surface area contributed by atoms with Gasteiger partial charge >= 0.3 is 0 Å². The molecule has 7 nitrogen and oxygen atoms in total. The van der Waals surface area contributed by atoms with Gasteiger partial charge in [-0.25, -0.2) is 4.98 Å². The second kappa shape index (κ2) is 5.82. The molecule has 3 aromatic rings. The van der Waals surface area contributed by atoms with E-state index in [-0.39, 0.29) is 6.61 Å². The lowest BCUT2D eigenvalue weighted by molar-refractivity contribution is 0.100. The van der Waals surface area contributed by atoms with Gasteiger partial charge < -0.3 is 21.1 Å². The second-order valence-corrected chi connectivity index (χ2v) is 4.71. The number of rotatable bonds is 5. The van der Waals surface area contributed by atoms with E-state index in [2.05, 4.69) is 20.3 Å². The second-order valence-electron chi connectivity index (χ2n) is 4.71. The van der Waals surface area contributed by atoms with Gasteiger partial charge in [0.2, 0.25) is 0 Å². The largest absolute Gasteiger partial charge is 0.395 e. The highest BCUT2D eigenvalue weighted by molar-refractivity contribution is 6.03. The number of H-pyrrole nitrogens is 1. The molecule has 0 aliphatic rings. The predicted octanol–water partition coefficient (Wildman–Crippen LogP) is 1.13. The Morgan fingerprint density at radius 2 is 2.27 bits per heavy atom. The van der Waals surface area contributed by atoms with E-state index in [1.807, 2.05) is 6.07 Å². The van der Waals surface area contributed by atoms with E-state index >= 15 is 0 Å². The lowest BCUT2D eigenvalue weighted by Crippen LogP contribution is -2.13. The van der Waals surface area contributed by atoms with Crippen molar-refractivity contribution >= 4 is 22.8 Å². The highest BCUT2D eigenvalue weighted by Gasteiger charge is 2.15. The number of nitrogens with one attached hydrogen (secondary N) is 2. The molecule has 0 aliphatic heterocycles. The summed E-state index contributed by atoms with van der Waals surface area (Å²) in [6, 6.07) is 6.97. The van der Waals surface area contributed by atoms with Crippen LogP contribution < -0.4 is 11.1 Å². The van der Waals surface area contributed by atoms with Crippen LogP contribution in [0.3, 0.4) is 0 Å². The third-order valence-electron chi connectivity index (χ3n) is 3.27. The Labute approximate surface area is 126 Å². The zero-order valence-electron chi connectivity index (χ0n) is 11.7. The molecule has 5 N–H and O–H groups in total. The van der Waals surface area contributed by atoms with Crippen molar-refractivity contribution < 1.29 is 9.90 Å². The Bertz CT molecular complexity index is 828. The van der Waals surface area contributed by atoms with Gasteiger partial charge in [-0.3, -0.25) is 9.78 Å². The molecular formula is C15H15N5O2. The van der Waals surface area contributed by atoms with Crippen LogP contribution in [0.25, 0.3) is 22.3 Å².